The average Bonchev–Trinajstić information content (AvgIpc) is 3.38. The molecule has 0 bridgehead atoms. The Morgan fingerprint density at radius 3 is 2.83 bits per heavy atom. The highest BCUT2D eigenvalue weighted by Crippen LogP contribution is 2.52. The molecule has 3 aliphatic heterocycles. The molecule has 3 aliphatic rings. The largest absolute Gasteiger partial charge is 0.456 e. The number of aliphatic hydroxyl groups excluding tert-OH is 1. The number of rotatable bonds is 7. The van der Waals surface area contributed by atoms with E-state index in [2.05, 4.69) is 9.55 Å². The molecule has 12 heteroatoms. The van der Waals surface area contributed by atoms with Crippen molar-refractivity contribution >= 4 is 41.1 Å². The van der Waals surface area contributed by atoms with E-state index in [1.807, 2.05) is 13.1 Å². The van der Waals surface area contributed by atoms with Crippen molar-refractivity contribution in [2.24, 2.45) is 11.8 Å². The van der Waals surface area contributed by atoms with Crippen molar-refractivity contribution in [3.8, 4) is 0 Å². The van der Waals surface area contributed by atoms with Crippen molar-refractivity contribution in [2.75, 3.05) is 5.75 Å². The first-order valence-electron chi connectivity index (χ1n) is 11.2. The van der Waals surface area contributed by atoms with Gasteiger partial charge in [-0.3, -0.25) is 14.9 Å². The van der Waals surface area contributed by atoms with Gasteiger partial charge in [-0.05, 0) is 24.6 Å². The summed E-state index contributed by atoms with van der Waals surface area (Å²) in [5.74, 6) is -0.731. The third-order valence-corrected chi connectivity index (χ3v) is 9.43. The highest BCUT2D eigenvalue weighted by molar-refractivity contribution is 8.05. The van der Waals surface area contributed by atoms with E-state index in [4.69, 9.17) is 4.74 Å². The second-order valence-corrected chi connectivity index (χ2v) is 11.2. The molecule has 0 unspecified atom stereocenters. The molecule has 184 valence electrons. The minimum absolute atomic E-state index is 0.0457. The minimum Gasteiger partial charge on any atom is -0.456 e. The molecule has 1 N–H and O–H groups in total. The van der Waals surface area contributed by atoms with Gasteiger partial charge in [0, 0.05) is 52.9 Å². The Bertz CT molecular complexity index is 1210. The Morgan fingerprint density at radius 2 is 2.14 bits per heavy atom. The number of nitro benzene ring substituents is 1. The number of hydrogen-bond donors (Lipinski definition) is 1. The van der Waals surface area contributed by atoms with Gasteiger partial charge >= 0.3 is 5.97 Å². The molecule has 35 heavy (non-hydrogen) atoms. The second kappa shape index (κ2) is 9.32. The number of imidazole rings is 1. The van der Waals surface area contributed by atoms with E-state index in [0.717, 1.165) is 22.4 Å². The van der Waals surface area contributed by atoms with Gasteiger partial charge in [-0.1, -0.05) is 18.7 Å². The van der Waals surface area contributed by atoms with E-state index >= 15 is 0 Å². The predicted octanol–water partition coefficient (Wildman–Crippen LogP) is 2.81. The van der Waals surface area contributed by atoms with Crippen LogP contribution >= 0.6 is 23.5 Å². The number of benzene rings is 1. The molecule has 1 fully saturated rings. The number of non-ortho nitro benzene ring substituents is 1. The van der Waals surface area contributed by atoms with Gasteiger partial charge in [-0.15, -0.1) is 11.8 Å². The molecule has 2 aromatic rings. The van der Waals surface area contributed by atoms with Crippen LogP contribution in [0.2, 0.25) is 0 Å². The fourth-order valence-corrected chi connectivity index (χ4v) is 7.46. The van der Waals surface area contributed by atoms with Crippen molar-refractivity contribution < 1.29 is 24.4 Å². The third kappa shape index (κ3) is 4.23. The minimum atomic E-state index is -0.813. The molecule has 0 radical (unpaired) electrons. The first kappa shape index (κ1) is 23.9. The summed E-state index contributed by atoms with van der Waals surface area (Å²) >= 11 is 3.24. The van der Waals surface area contributed by atoms with E-state index in [-0.39, 0.29) is 41.1 Å². The molecule has 5 rings (SSSR count). The van der Waals surface area contributed by atoms with E-state index in [1.54, 1.807) is 36.6 Å². The molecule has 4 heterocycles. The highest BCUT2D eigenvalue weighted by Gasteiger charge is 2.60. The molecule has 0 spiro atoms. The maximum Gasteiger partial charge on any atom is 0.356 e. The second-order valence-electron chi connectivity index (χ2n) is 8.88. The lowest BCUT2D eigenvalue weighted by molar-refractivity contribution is -0.384. The number of thioether (sulfide) groups is 2. The Morgan fingerprint density at radius 1 is 1.40 bits per heavy atom. The Balaban J connectivity index is 1.37. The van der Waals surface area contributed by atoms with Crippen LogP contribution in [0.15, 0.2) is 52.4 Å². The van der Waals surface area contributed by atoms with Gasteiger partial charge in [0.05, 0.1) is 23.0 Å². The van der Waals surface area contributed by atoms with Gasteiger partial charge < -0.3 is 19.3 Å². The number of hydrogen-bond acceptors (Lipinski definition) is 9. The van der Waals surface area contributed by atoms with Gasteiger partial charge in [0.25, 0.3) is 5.69 Å². The lowest BCUT2D eigenvalue weighted by Gasteiger charge is -2.46. The number of esters is 1. The maximum atomic E-state index is 13.3. The number of amides is 1. The predicted molar refractivity (Wildman–Crippen MR) is 129 cm³/mol. The van der Waals surface area contributed by atoms with Gasteiger partial charge in [0.1, 0.15) is 12.3 Å². The fraction of sp³-hybridized carbons (Fsp3) is 0.435. The summed E-state index contributed by atoms with van der Waals surface area (Å²) < 4.78 is 7.64. The number of nitro groups is 1. The topological polar surface area (TPSA) is 128 Å². The number of carbonyl (C=O) groups excluding carboxylic acids is 2. The number of carbonyl (C=O) groups is 2. The van der Waals surface area contributed by atoms with Crippen LogP contribution in [0.25, 0.3) is 0 Å². The summed E-state index contributed by atoms with van der Waals surface area (Å²) in [6, 6.07) is 5.50. The summed E-state index contributed by atoms with van der Waals surface area (Å²) in [6.45, 7) is 4.25. The molecule has 1 amide bonds. The van der Waals surface area contributed by atoms with Gasteiger partial charge in [-0.2, -0.15) is 0 Å². The average molecular weight is 517 g/mol. The lowest BCUT2D eigenvalue weighted by atomic mass is 9.79. The smallest absolute Gasteiger partial charge is 0.356 e. The number of nitrogens with zero attached hydrogens (tertiary/aromatic N) is 4. The molecular formula is C23H24N4O6S2. The molecule has 10 nitrogen and oxygen atoms in total. The molecule has 1 aromatic heterocycles. The number of aromatic nitrogens is 2. The fourth-order valence-electron chi connectivity index (χ4n) is 4.87. The Hall–Kier alpha value is -2.83. The van der Waals surface area contributed by atoms with Crippen molar-refractivity contribution in [2.45, 2.75) is 49.6 Å². The van der Waals surface area contributed by atoms with E-state index in [9.17, 15) is 24.8 Å². The lowest BCUT2D eigenvalue weighted by Crippen LogP contribution is -2.63. The van der Waals surface area contributed by atoms with Crippen molar-refractivity contribution in [1.29, 1.82) is 0 Å². The van der Waals surface area contributed by atoms with Crippen LogP contribution in [0, 0.1) is 22.0 Å². The van der Waals surface area contributed by atoms with E-state index < -0.39 is 22.9 Å². The Kier molecular flexibility index (Phi) is 6.36. The van der Waals surface area contributed by atoms with Crippen molar-refractivity contribution in [3.63, 3.8) is 0 Å². The molecule has 0 aliphatic carbocycles. The molecule has 5 atom stereocenters. The van der Waals surface area contributed by atoms with Crippen LogP contribution in [0.1, 0.15) is 19.4 Å². The van der Waals surface area contributed by atoms with Crippen LogP contribution < -0.4 is 0 Å². The standard InChI is InChI=1S/C23H24N4O6S2/c1-12-18-17(13(2)28)21(29)26(18)19(20(12)35-16-9-25-8-7-24-23(25)34-11-16)22(30)33-10-14-3-5-15(6-4-14)27(31)32/h3-8,12-13,16-18,28H,9-11H2,1-2H3/t12-,13-,16+,17-,18-/m1/s1. The van der Waals surface area contributed by atoms with Crippen molar-refractivity contribution in [3.05, 3.63) is 62.9 Å². The SMILES string of the molecule is C[C@@H](O)[C@H]1C(=O)N2C(C(=O)OCc3ccc([N+](=O)[O-])cc3)=C(S[C@@H]3CSc4nccn4C3)[C@H](C)[C@H]12. The quantitative estimate of drug-likeness (QED) is 0.256. The monoisotopic (exact) mass is 516 g/mol. The van der Waals surface area contributed by atoms with Gasteiger partial charge in [-0.25, -0.2) is 9.78 Å². The zero-order chi connectivity index (χ0) is 24.9. The number of β-lactam (4-membered cyclic amide) rings is 1. The molecule has 1 saturated heterocycles. The summed E-state index contributed by atoms with van der Waals surface area (Å²) in [6.07, 6.45) is 2.89. The van der Waals surface area contributed by atoms with E-state index in [1.165, 1.54) is 29.2 Å². The summed E-state index contributed by atoms with van der Waals surface area (Å²) in [4.78, 5) is 43.2. The van der Waals surface area contributed by atoms with Gasteiger partial charge in [0.15, 0.2) is 5.16 Å². The first-order valence-corrected chi connectivity index (χ1v) is 13.1. The van der Waals surface area contributed by atoms with E-state index in [0.29, 0.717) is 5.56 Å². The Labute approximate surface area is 209 Å². The third-order valence-electron chi connectivity index (χ3n) is 6.59. The highest BCUT2D eigenvalue weighted by atomic mass is 32.2. The number of fused-ring (bicyclic) bond motifs is 2. The van der Waals surface area contributed by atoms with Gasteiger partial charge in [0.2, 0.25) is 5.91 Å². The van der Waals surface area contributed by atoms with Crippen LogP contribution in [-0.4, -0.2) is 59.5 Å². The van der Waals surface area contributed by atoms with Crippen LogP contribution in [0.4, 0.5) is 5.69 Å². The molecule has 0 saturated carbocycles. The van der Waals surface area contributed by atoms with Crippen molar-refractivity contribution in [1.82, 2.24) is 14.5 Å². The normalized spacial score (nSPS) is 26.1. The summed E-state index contributed by atoms with van der Waals surface area (Å²) in [5.41, 5.74) is 0.808. The van der Waals surface area contributed by atoms with Crippen LogP contribution in [-0.2, 0) is 27.5 Å². The van der Waals surface area contributed by atoms with Crippen LogP contribution in [0.3, 0.4) is 0 Å². The van der Waals surface area contributed by atoms with Crippen LogP contribution in [0.5, 0.6) is 0 Å². The number of aliphatic hydroxyl groups is 1. The molecular weight excluding hydrogens is 492 g/mol. The zero-order valence-electron chi connectivity index (χ0n) is 19.1. The maximum absolute atomic E-state index is 13.3. The zero-order valence-corrected chi connectivity index (χ0v) is 20.7. The molecule has 1 aromatic carbocycles. The summed E-state index contributed by atoms with van der Waals surface area (Å²) in [7, 11) is 0. The number of ether oxygens (including phenoxy) is 1. The first-order chi connectivity index (χ1) is 16.8. The summed E-state index contributed by atoms with van der Waals surface area (Å²) in [5, 5.41) is 22.2.